The summed E-state index contributed by atoms with van der Waals surface area (Å²) in [6, 6.07) is 0. The van der Waals surface area contributed by atoms with Gasteiger partial charge in [-0.25, -0.2) is 8.78 Å². The van der Waals surface area contributed by atoms with E-state index in [9.17, 15) is 8.78 Å². The molecule has 1 nitrogen and oxygen atoms in total. The fourth-order valence-corrected chi connectivity index (χ4v) is 0.0357. The molecule has 0 aliphatic carbocycles. The van der Waals surface area contributed by atoms with E-state index in [1.54, 1.807) is 5.32 Å². The van der Waals surface area contributed by atoms with Crippen LogP contribution in [0.2, 0.25) is 0 Å². The highest BCUT2D eigenvalue weighted by Gasteiger charge is 1.69. The summed E-state index contributed by atoms with van der Waals surface area (Å²) in [6.07, 6.45) is 0. The first-order chi connectivity index (χ1) is 2.41. The molecule has 0 rings (SSSR count). The van der Waals surface area contributed by atoms with Crippen molar-refractivity contribution in [2.24, 2.45) is 0 Å². The van der Waals surface area contributed by atoms with E-state index in [1.807, 2.05) is 0 Å². The summed E-state index contributed by atoms with van der Waals surface area (Å²) in [5.41, 5.74) is 0. The van der Waals surface area contributed by atoms with E-state index in [0.717, 1.165) is 0 Å². The third kappa shape index (κ3) is 3.82. The van der Waals surface area contributed by atoms with Crippen molar-refractivity contribution in [1.29, 1.82) is 0 Å². The summed E-state index contributed by atoms with van der Waals surface area (Å²) < 4.78 is 21.3. The Balaban J connectivity index is 2.19. The molecule has 0 spiro atoms. The third-order valence-electron chi connectivity index (χ3n) is 0.189. The van der Waals surface area contributed by atoms with Crippen LogP contribution in [0.5, 0.6) is 0 Å². The van der Waals surface area contributed by atoms with Gasteiger partial charge in [-0.1, -0.05) is 0 Å². The van der Waals surface area contributed by atoms with Crippen LogP contribution in [0.15, 0.2) is 0 Å². The van der Waals surface area contributed by atoms with Crippen LogP contribution in [0.25, 0.3) is 0 Å². The highest BCUT2D eigenvalue weighted by atomic mass is 19.1. The minimum absolute atomic E-state index is 0.781. The summed E-state index contributed by atoms with van der Waals surface area (Å²) in [6.45, 7) is -1.56. The lowest BCUT2D eigenvalue weighted by molar-refractivity contribution is 0.347. The van der Waals surface area contributed by atoms with Gasteiger partial charge in [0.15, 0.2) is 0 Å². The molecule has 0 aromatic heterocycles. The third-order valence-corrected chi connectivity index (χ3v) is 0.189. The van der Waals surface area contributed by atoms with Crippen LogP contribution in [0.1, 0.15) is 0 Å². The fourth-order valence-electron chi connectivity index (χ4n) is 0.0357. The van der Waals surface area contributed by atoms with Gasteiger partial charge in [0.05, 0.1) is 0 Å². The van der Waals surface area contributed by atoms with Crippen molar-refractivity contribution >= 4 is 0 Å². The second-order valence-electron chi connectivity index (χ2n) is 0.517. The maximum absolute atomic E-state index is 10.6. The quantitative estimate of drug-likeness (QED) is 0.475. The molecule has 1 N–H and O–H groups in total. The smallest absolute Gasteiger partial charge is 0.142 e. The molecule has 0 unspecified atom stereocenters. The predicted octanol–water partition coefficient (Wildman–Crippen LogP) is 0.430. The Kier molecular flexibility index (Phi) is 3.68. The number of hydrogen-bond donors (Lipinski definition) is 1. The second kappa shape index (κ2) is 3.82. The predicted molar refractivity (Wildman–Crippen MR) is 15.1 cm³/mol. The standard InChI is InChI=1S/C2H5F2N/c3-1-5-2-4/h5H,1-2H2. The van der Waals surface area contributed by atoms with Gasteiger partial charge in [-0.3, -0.25) is 5.32 Å². The molecule has 0 aliphatic rings. The molecule has 0 bridgehead atoms. The van der Waals surface area contributed by atoms with E-state index < -0.39 is 13.6 Å². The van der Waals surface area contributed by atoms with E-state index in [0.29, 0.717) is 0 Å². The average molecular weight is 81.1 g/mol. The van der Waals surface area contributed by atoms with Crippen molar-refractivity contribution in [3.05, 3.63) is 0 Å². The van der Waals surface area contributed by atoms with Crippen molar-refractivity contribution < 1.29 is 8.78 Å². The topological polar surface area (TPSA) is 12.0 Å². The van der Waals surface area contributed by atoms with Gasteiger partial charge in [-0.05, 0) is 0 Å². The molecule has 0 saturated carbocycles. The Hall–Kier alpha value is -0.180. The molecule has 3 heteroatoms. The van der Waals surface area contributed by atoms with E-state index in [2.05, 4.69) is 0 Å². The second-order valence-corrected chi connectivity index (χ2v) is 0.517. The first-order valence-corrected chi connectivity index (χ1v) is 1.24. The summed E-state index contributed by atoms with van der Waals surface area (Å²) in [7, 11) is 0. The highest BCUT2D eigenvalue weighted by molar-refractivity contribution is 4.12. The molecule has 0 atom stereocenters. The maximum atomic E-state index is 10.6. The summed E-state index contributed by atoms with van der Waals surface area (Å²) in [5, 5.41) is 1.78. The van der Waals surface area contributed by atoms with E-state index in [-0.39, 0.29) is 0 Å². The van der Waals surface area contributed by atoms with E-state index in [4.69, 9.17) is 0 Å². The molecule has 0 heterocycles. The Labute approximate surface area is 29.0 Å². The molecule has 32 valence electrons. The molecular formula is C2H5F2N. The number of rotatable bonds is 2. The molecule has 0 fully saturated rings. The first-order valence-electron chi connectivity index (χ1n) is 1.24. The van der Waals surface area contributed by atoms with Gasteiger partial charge in [-0.15, -0.1) is 0 Å². The van der Waals surface area contributed by atoms with Crippen molar-refractivity contribution in [3.63, 3.8) is 0 Å². The molecule has 0 amide bonds. The summed E-state index contributed by atoms with van der Waals surface area (Å²) >= 11 is 0. The number of hydrogen-bond acceptors (Lipinski definition) is 1. The Morgan fingerprint density at radius 2 is 1.60 bits per heavy atom. The molecule has 0 saturated heterocycles. The molecule has 0 aromatic rings. The van der Waals surface area contributed by atoms with Crippen LogP contribution in [-0.4, -0.2) is 13.6 Å². The first kappa shape index (κ1) is 4.82. The van der Waals surface area contributed by atoms with E-state index >= 15 is 0 Å². The van der Waals surface area contributed by atoms with Crippen molar-refractivity contribution in [1.82, 2.24) is 5.32 Å². The Bertz CT molecular complexity index is 15.1. The minimum Gasteiger partial charge on any atom is -0.263 e. The fraction of sp³-hybridized carbons (Fsp3) is 1.00. The molecule has 0 aliphatic heterocycles. The Morgan fingerprint density at radius 1 is 1.20 bits per heavy atom. The minimum atomic E-state index is -0.781. The van der Waals surface area contributed by atoms with Crippen molar-refractivity contribution in [2.45, 2.75) is 0 Å². The van der Waals surface area contributed by atoms with Crippen LogP contribution in [-0.2, 0) is 0 Å². The lowest BCUT2D eigenvalue weighted by Crippen LogP contribution is -2.07. The lowest BCUT2D eigenvalue weighted by Gasteiger charge is -1.80. The molecular weight excluding hydrogens is 76.0 g/mol. The van der Waals surface area contributed by atoms with Gasteiger partial charge in [0.2, 0.25) is 0 Å². The largest absolute Gasteiger partial charge is 0.263 e. The summed E-state index contributed by atoms with van der Waals surface area (Å²) in [5.74, 6) is 0. The van der Waals surface area contributed by atoms with Crippen LogP contribution >= 0.6 is 0 Å². The molecule has 5 heavy (non-hydrogen) atoms. The summed E-state index contributed by atoms with van der Waals surface area (Å²) in [4.78, 5) is 0. The lowest BCUT2D eigenvalue weighted by atomic mass is 11.2. The highest BCUT2D eigenvalue weighted by Crippen LogP contribution is 1.56. The zero-order valence-electron chi connectivity index (χ0n) is 2.67. The van der Waals surface area contributed by atoms with Gasteiger partial charge in [0.1, 0.15) is 13.6 Å². The van der Waals surface area contributed by atoms with Crippen molar-refractivity contribution in [3.8, 4) is 0 Å². The number of halogens is 2. The number of nitrogens with one attached hydrogen (secondary N) is 1. The zero-order chi connectivity index (χ0) is 4.12. The molecule has 0 aromatic carbocycles. The van der Waals surface area contributed by atoms with Crippen molar-refractivity contribution in [2.75, 3.05) is 13.6 Å². The van der Waals surface area contributed by atoms with Crippen LogP contribution in [0.4, 0.5) is 8.78 Å². The van der Waals surface area contributed by atoms with E-state index in [1.165, 1.54) is 0 Å². The molecule has 0 radical (unpaired) electrons. The average Bonchev–Trinajstić information content (AvgIpc) is 1.41. The van der Waals surface area contributed by atoms with Gasteiger partial charge in [-0.2, -0.15) is 0 Å². The zero-order valence-corrected chi connectivity index (χ0v) is 2.67. The van der Waals surface area contributed by atoms with Gasteiger partial charge < -0.3 is 0 Å². The number of alkyl halides is 2. The monoisotopic (exact) mass is 81.0 g/mol. The van der Waals surface area contributed by atoms with Crippen LogP contribution in [0, 0.1) is 0 Å². The van der Waals surface area contributed by atoms with Gasteiger partial charge in [0.25, 0.3) is 0 Å². The Morgan fingerprint density at radius 3 is 1.60 bits per heavy atom. The normalized spacial score (nSPS) is 8.40. The maximum Gasteiger partial charge on any atom is 0.142 e. The van der Waals surface area contributed by atoms with Gasteiger partial charge >= 0.3 is 0 Å². The SMILES string of the molecule is FCNCF. The van der Waals surface area contributed by atoms with Gasteiger partial charge in [0, 0.05) is 0 Å². The van der Waals surface area contributed by atoms with Crippen LogP contribution < -0.4 is 5.32 Å². The van der Waals surface area contributed by atoms with Crippen LogP contribution in [0.3, 0.4) is 0 Å².